The van der Waals surface area contributed by atoms with Crippen LogP contribution in [0, 0.1) is 0 Å². The second-order valence-electron chi connectivity index (χ2n) is 6.10. The van der Waals surface area contributed by atoms with Gasteiger partial charge in [-0.3, -0.25) is 10.2 Å². The van der Waals surface area contributed by atoms with Crippen LogP contribution in [0.25, 0.3) is 10.8 Å². The molecule has 4 nitrogen and oxygen atoms in total. The first-order valence-corrected chi connectivity index (χ1v) is 8.87. The molecule has 1 aliphatic carbocycles. The topological polar surface area (TPSA) is 53.5 Å². The predicted octanol–water partition coefficient (Wildman–Crippen LogP) is 3.45. The van der Waals surface area contributed by atoms with Gasteiger partial charge in [-0.1, -0.05) is 66.7 Å². The van der Waals surface area contributed by atoms with Gasteiger partial charge in [-0.2, -0.15) is 5.10 Å². The minimum absolute atomic E-state index is 0.0728. The fourth-order valence-corrected chi connectivity index (χ4v) is 3.35. The van der Waals surface area contributed by atoms with Crippen LogP contribution in [-0.2, 0) is 6.42 Å². The van der Waals surface area contributed by atoms with Crippen LogP contribution in [0.5, 0.6) is 0 Å². The number of nitrogens with zero attached hydrogens (tertiary/aromatic N) is 1. The molecular formula is C21H17N3OS. The molecule has 1 aliphatic rings. The zero-order chi connectivity index (χ0) is 17.9. The van der Waals surface area contributed by atoms with Crippen LogP contribution in [0.4, 0.5) is 0 Å². The van der Waals surface area contributed by atoms with Crippen molar-refractivity contribution in [2.24, 2.45) is 5.10 Å². The predicted molar refractivity (Wildman–Crippen MR) is 109 cm³/mol. The number of Topliss-reactive ketones (excluding diaryl/α,β-unsaturated/α-hetero) is 1. The standard InChI is InChI=1S/C21H17N3OS/c25-20-17-11-5-9-15-8-4-10-16(18(15)17)19(20)23-24-21(26)22-13-12-14-6-2-1-3-7-14/h1-11H,12-13H2,(H2,22,24,26)/b23-19+. The van der Waals surface area contributed by atoms with E-state index in [0.29, 0.717) is 22.9 Å². The largest absolute Gasteiger partial charge is 0.361 e. The molecule has 4 rings (SSSR count). The Bertz CT molecular complexity index is 1020. The number of thiocarbonyl (C=S) groups is 1. The molecule has 0 spiro atoms. The highest BCUT2D eigenvalue weighted by Gasteiger charge is 2.28. The molecule has 3 aromatic rings. The van der Waals surface area contributed by atoms with Crippen molar-refractivity contribution in [3.8, 4) is 0 Å². The van der Waals surface area contributed by atoms with E-state index in [9.17, 15) is 4.79 Å². The first-order valence-electron chi connectivity index (χ1n) is 8.46. The fourth-order valence-electron chi connectivity index (χ4n) is 3.20. The number of carbonyl (C=O) groups excluding carboxylic acids is 1. The average molecular weight is 359 g/mol. The zero-order valence-electron chi connectivity index (χ0n) is 14.0. The van der Waals surface area contributed by atoms with Gasteiger partial charge in [0.15, 0.2) is 5.11 Å². The lowest BCUT2D eigenvalue weighted by Crippen LogP contribution is -2.34. The molecular weight excluding hydrogens is 342 g/mol. The van der Waals surface area contributed by atoms with Gasteiger partial charge in [0.05, 0.1) is 0 Å². The van der Waals surface area contributed by atoms with Gasteiger partial charge in [-0.05, 0) is 29.6 Å². The lowest BCUT2D eigenvalue weighted by atomic mass is 10.1. The number of ketones is 1. The number of nitrogens with one attached hydrogen (secondary N) is 2. The van der Waals surface area contributed by atoms with Crippen molar-refractivity contribution in [1.82, 2.24) is 10.7 Å². The molecule has 128 valence electrons. The minimum atomic E-state index is -0.0728. The van der Waals surface area contributed by atoms with Crippen molar-refractivity contribution in [3.05, 3.63) is 83.4 Å². The Labute approximate surface area is 156 Å². The fraction of sp³-hybridized carbons (Fsp3) is 0.0952. The third-order valence-electron chi connectivity index (χ3n) is 4.43. The number of hydrogen-bond acceptors (Lipinski definition) is 3. The minimum Gasteiger partial charge on any atom is -0.361 e. The van der Waals surface area contributed by atoms with E-state index in [1.807, 2.05) is 54.6 Å². The number of rotatable bonds is 4. The van der Waals surface area contributed by atoms with E-state index >= 15 is 0 Å². The zero-order valence-corrected chi connectivity index (χ0v) is 14.8. The molecule has 2 N–H and O–H groups in total. The lowest BCUT2D eigenvalue weighted by molar-refractivity contribution is 0.106. The summed E-state index contributed by atoms with van der Waals surface area (Å²) in [5, 5.41) is 9.81. The molecule has 0 aromatic heterocycles. The Morgan fingerprint density at radius 2 is 1.65 bits per heavy atom. The van der Waals surface area contributed by atoms with Crippen LogP contribution in [-0.4, -0.2) is 23.2 Å². The summed E-state index contributed by atoms with van der Waals surface area (Å²) in [6.07, 6.45) is 0.864. The Morgan fingerprint density at radius 3 is 2.42 bits per heavy atom. The van der Waals surface area contributed by atoms with Gasteiger partial charge in [-0.15, -0.1) is 0 Å². The van der Waals surface area contributed by atoms with E-state index in [0.717, 1.165) is 22.8 Å². The number of carbonyl (C=O) groups is 1. The Balaban J connectivity index is 1.44. The van der Waals surface area contributed by atoms with Gasteiger partial charge >= 0.3 is 0 Å². The highest BCUT2D eigenvalue weighted by atomic mass is 32.1. The SMILES string of the molecule is O=C1/C(=N/NC(=S)NCCc2ccccc2)c2cccc3cccc1c23. The molecule has 5 heteroatoms. The smallest absolute Gasteiger partial charge is 0.214 e. The molecule has 0 saturated heterocycles. The summed E-state index contributed by atoms with van der Waals surface area (Å²) in [6, 6.07) is 21.8. The highest BCUT2D eigenvalue weighted by Crippen LogP contribution is 2.30. The van der Waals surface area contributed by atoms with Crippen LogP contribution >= 0.6 is 12.2 Å². The Kier molecular flexibility index (Phi) is 4.46. The molecule has 0 saturated carbocycles. The number of benzene rings is 3. The van der Waals surface area contributed by atoms with E-state index < -0.39 is 0 Å². The molecule has 0 atom stereocenters. The van der Waals surface area contributed by atoms with Crippen molar-refractivity contribution in [2.75, 3.05) is 6.54 Å². The normalized spacial score (nSPS) is 14.0. The van der Waals surface area contributed by atoms with Crippen LogP contribution < -0.4 is 10.7 Å². The van der Waals surface area contributed by atoms with Crippen molar-refractivity contribution in [3.63, 3.8) is 0 Å². The summed E-state index contributed by atoms with van der Waals surface area (Å²) in [4.78, 5) is 12.7. The van der Waals surface area contributed by atoms with Gasteiger partial charge in [0, 0.05) is 23.1 Å². The maximum absolute atomic E-state index is 12.7. The molecule has 0 bridgehead atoms. The molecule has 0 heterocycles. The van der Waals surface area contributed by atoms with Crippen molar-refractivity contribution in [1.29, 1.82) is 0 Å². The third-order valence-corrected chi connectivity index (χ3v) is 4.67. The van der Waals surface area contributed by atoms with Crippen molar-refractivity contribution < 1.29 is 4.79 Å². The van der Waals surface area contributed by atoms with Gasteiger partial charge in [-0.25, -0.2) is 0 Å². The Hall–Kier alpha value is -3.05. The number of hydrogen-bond donors (Lipinski definition) is 2. The van der Waals surface area contributed by atoms with Gasteiger partial charge in [0.2, 0.25) is 5.78 Å². The first kappa shape index (κ1) is 16.4. The van der Waals surface area contributed by atoms with Crippen molar-refractivity contribution >= 4 is 39.6 Å². The molecule has 0 aliphatic heterocycles. The third kappa shape index (κ3) is 3.09. The second kappa shape index (κ2) is 7.06. The van der Waals surface area contributed by atoms with E-state index in [-0.39, 0.29) is 5.78 Å². The van der Waals surface area contributed by atoms with Gasteiger partial charge in [0.1, 0.15) is 5.71 Å². The summed E-state index contributed by atoms with van der Waals surface area (Å²) < 4.78 is 0. The van der Waals surface area contributed by atoms with Crippen LogP contribution in [0.2, 0.25) is 0 Å². The van der Waals surface area contributed by atoms with Gasteiger partial charge in [0.25, 0.3) is 0 Å². The highest BCUT2D eigenvalue weighted by molar-refractivity contribution is 7.80. The summed E-state index contributed by atoms with van der Waals surface area (Å²) in [5.41, 5.74) is 6.00. The quantitative estimate of drug-likeness (QED) is 0.553. The Morgan fingerprint density at radius 1 is 0.923 bits per heavy atom. The van der Waals surface area contributed by atoms with E-state index in [2.05, 4.69) is 28.0 Å². The van der Waals surface area contributed by atoms with Crippen LogP contribution in [0.1, 0.15) is 21.5 Å². The monoisotopic (exact) mass is 359 g/mol. The molecule has 3 aromatic carbocycles. The summed E-state index contributed by atoms with van der Waals surface area (Å²) in [7, 11) is 0. The molecule has 0 radical (unpaired) electrons. The number of hydrazone groups is 1. The molecule has 0 unspecified atom stereocenters. The maximum Gasteiger partial charge on any atom is 0.214 e. The first-order chi connectivity index (χ1) is 12.7. The van der Waals surface area contributed by atoms with Gasteiger partial charge < -0.3 is 5.32 Å². The summed E-state index contributed by atoms with van der Waals surface area (Å²) in [6.45, 7) is 0.699. The lowest BCUT2D eigenvalue weighted by Gasteiger charge is -2.08. The van der Waals surface area contributed by atoms with Crippen LogP contribution in [0.3, 0.4) is 0 Å². The van der Waals surface area contributed by atoms with E-state index in [1.54, 1.807) is 0 Å². The maximum atomic E-state index is 12.7. The van der Waals surface area contributed by atoms with E-state index in [4.69, 9.17) is 12.2 Å². The second-order valence-corrected chi connectivity index (χ2v) is 6.51. The summed E-state index contributed by atoms with van der Waals surface area (Å²) >= 11 is 5.27. The molecule has 0 amide bonds. The average Bonchev–Trinajstić information content (AvgIpc) is 2.95. The molecule has 26 heavy (non-hydrogen) atoms. The van der Waals surface area contributed by atoms with Crippen LogP contribution in [0.15, 0.2) is 71.8 Å². The van der Waals surface area contributed by atoms with Crippen molar-refractivity contribution in [2.45, 2.75) is 6.42 Å². The molecule has 0 fully saturated rings. The summed E-state index contributed by atoms with van der Waals surface area (Å²) in [5.74, 6) is -0.0728. The van der Waals surface area contributed by atoms with E-state index in [1.165, 1.54) is 5.56 Å².